The number of benzene rings is 1. The molecule has 2 aromatic rings. The smallest absolute Gasteiger partial charge is 0.255 e. The molecular formula is C12H10N2O2. The van der Waals surface area contributed by atoms with E-state index in [1.807, 2.05) is 0 Å². The van der Waals surface area contributed by atoms with Gasteiger partial charge in [0.2, 0.25) is 0 Å². The Morgan fingerprint density at radius 2 is 1.94 bits per heavy atom. The molecule has 80 valence electrons. The van der Waals surface area contributed by atoms with Crippen LogP contribution in [-0.4, -0.2) is 16.0 Å². The van der Waals surface area contributed by atoms with Gasteiger partial charge in [0, 0.05) is 23.6 Å². The van der Waals surface area contributed by atoms with E-state index in [1.54, 1.807) is 36.7 Å². The van der Waals surface area contributed by atoms with Crippen LogP contribution in [0, 0.1) is 0 Å². The van der Waals surface area contributed by atoms with Crippen LogP contribution in [-0.2, 0) is 0 Å². The van der Waals surface area contributed by atoms with Crippen LogP contribution < -0.4 is 5.32 Å². The Balaban J connectivity index is 2.15. The van der Waals surface area contributed by atoms with Crippen molar-refractivity contribution in [1.82, 2.24) is 4.98 Å². The zero-order valence-corrected chi connectivity index (χ0v) is 8.42. The Hall–Kier alpha value is -2.36. The summed E-state index contributed by atoms with van der Waals surface area (Å²) in [5.74, 6) is -0.190. The molecule has 0 atom stereocenters. The number of rotatable bonds is 2. The predicted octanol–water partition coefficient (Wildman–Crippen LogP) is 2.04. The van der Waals surface area contributed by atoms with Crippen molar-refractivity contribution in [3.05, 3.63) is 54.4 Å². The second kappa shape index (κ2) is 4.44. The van der Waals surface area contributed by atoms with Gasteiger partial charge in [0.15, 0.2) is 0 Å². The number of amides is 1. The number of aromatic nitrogens is 1. The number of aromatic hydroxyl groups is 1. The Labute approximate surface area is 92.6 Å². The van der Waals surface area contributed by atoms with Crippen molar-refractivity contribution in [2.24, 2.45) is 0 Å². The van der Waals surface area contributed by atoms with Gasteiger partial charge >= 0.3 is 0 Å². The summed E-state index contributed by atoms with van der Waals surface area (Å²) in [6, 6.07) is 9.58. The van der Waals surface area contributed by atoms with E-state index in [9.17, 15) is 9.90 Å². The largest absolute Gasteiger partial charge is 0.508 e. The fourth-order valence-electron chi connectivity index (χ4n) is 1.29. The van der Waals surface area contributed by atoms with E-state index in [-0.39, 0.29) is 11.7 Å². The number of hydrogen-bond donors (Lipinski definition) is 2. The lowest BCUT2D eigenvalue weighted by atomic mass is 10.2. The highest BCUT2D eigenvalue weighted by Crippen LogP contribution is 2.13. The van der Waals surface area contributed by atoms with E-state index < -0.39 is 0 Å². The first-order valence-corrected chi connectivity index (χ1v) is 4.76. The maximum absolute atomic E-state index is 11.7. The molecule has 4 nitrogen and oxygen atoms in total. The number of nitrogens with one attached hydrogen (secondary N) is 1. The quantitative estimate of drug-likeness (QED) is 0.804. The molecule has 0 bridgehead atoms. The number of phenols is 1. The van der Waals surface area contributed by atoms with Crippen molar-refractivity contribution in [2.45, 2.75) is 0 Å². The highest BCUT2D eigenvalue weighted by Gasteiger charge is 2.05. The van der Waals surface area contributed by atoms with Crippen molar-refractivity contribution >= 4 is 11.6 Å². The molecule has 0 saturated carbocycles. The molecular weight excluding hydrogens is 204 g/mol. The normalized spacial score (nSPS) is 9.75. The number of nitrogens with zero attached hydrogens (tertiary/aromatic N) is 1. The Morgan fingerprint density at radius 3 is 2.62 bits per heavy atom. The summed E-state index contributed by atoms with van der Waals surface area (Å²) in [6.45, 7) is 0. The minimum Gasteiger partial charge on any atom is -0.508 e. The Kier molecular flexibility index (Phi) is 2.82. The first-order chi connectivity index (χ1) is 7.75. The summed E-state index contributed by atoms with van der Waals surface area (Å²) >= 11 is 0. The van der Waals surface area contributed by atoms with Gasteiger partial charge in [-0.3, -0.25) is 9.78 Å². The van der Waals surface area contributed by atoms with Gasteiger partial charge in [-0.05, 0) is 30.3 Å². The molecule has 0 unspecified atom stereocenters. The predicted molar refractivity (Wildman–Crippen MR) is 60.3 cm³/mol. The van der Waals surface area contributed by atoms with E-state index in [2.05, 4.69) is 10.3 Å². The third-order valence-corrected chi connectivity index (χ3v) is 2.05. The Morgan fingerprint density at radius 1 is 1.19 bits per heavy atom. The number of phenolic OH excluding ortho intramolecular Hbond substituents is 1. The van der Waals surface area contributed by atoms with Gasteiger partial charge in [-0.2, -0.15) is 0 Å². The monoisotopic (exact) mass is 214 g/mol. The lowest BCUT2D eigenvalue weighted by Gasteiger charge is -2.04. The standard InChI is InChI=1S/C12H10N2O2/c15-11-3-1-2-9(8-11)12(16)14-10-4-6-13-7-5-10/h1-8,15H,(H,13,14,16). The van der Waals surface area contributed by atoms with Crippen LogP contribution in [0.5, 0.6) is 5.75 Å². The van der Waals surface area contributed by atoms with Gasteiger partial charge in [-0.25, -0.2) is 0 Å². The van der Waals surface area contributed by atoms with E-state index in [0.29, 0.717) is 11.3 Å². The number of anilines is 1. The minimum atomic E-state index is -0.262. The van der Waals surface area contributed by atoms with Crippen molar-refractivity contribution in [3.63, 3.8) is 0 Å². The molecule has 1 aromatic carbocycles. The average molecular weight is 214 g/mol. The van der Waals surface area contributed by atoms with Crippen molar-refractivity contribution in [1.29, 1.82) is 0 Å². The maximum Gasteiger partial charge on any atom is 0.255 e. The summed E-state index contributed by atoms with van der Waals surface area (Å²) in [5.41, 5.74) is 1.08. The van der Waals surface area contributed by atoms with Gasteiger partial charge in [0.05, 0.1) is 0 Å². The number of carbonyl (C=O) groups is 1. The molecule has 0 radical (unpaired) electrons. The van der Waals surface area contributed by atoms with Gasteiger partial charge in [-0.1, -0.05) is 6.07 Å². The molecule has 0 aliphatic carbocycles. The first-order valence-electron chi connectivity index (χ1n) is 4.76. The molecule has 0 aliphatic rings. The minimum absolute atomic E-state index is 0.0716. The number of pyridine rings is 1. The fraction of sp³-hybridized carbons (Fsp3) is 0. The topological polar surface area (TPSA) is 62.2 Å². The molecule has 4 heteroatoms. The number of hydrogen-bond acceptors (Lipinski definition) is 3. The van der Waals surface area contributed by atoms with Crippen LogP contribution >= 0.6 is 0 Å². The zero-order valence-electron chi connectivity index (χ0n) is 8.42. The molecule has 2 N–H and O–H groups in total. The van der Waals surface area contributed by atoms with Crippen LogP contribution in [0.3, 0.4) is 0 Å². The van der Waals surface area contributed by atoms with E-state index in [1.165, 1.54) is 12.1 Å². The Bertz CT molecular complexity index is 497. The van der Waals surface area contributed by atoms with Crippen LogP contribution in [0.15, 0.2) is 48.8 Å². The molecule has 0 saturated heterocycles. The highest BCUT2D eigenvalue weighted by molar-refractivity contribution is 6.04. The van der Waals surface area contributed by atoms with Crippen molar-refractivity contribution in [2.75, 3.05) is 5.32 Å². The lowest BCUT2D eigenvalue weighted by molar-refractivity contribution is 0.102. The van der Waals surface area contributed by atoms with Gasteiger partial charge in [-0.15, -0.1) is 0 Å². The second-order valence-electron chi connectivity index (χ2n) is 3.24. The van der Waals surface area contributed by atoms with Crippen molar-refractivity contribution < 1.29 is 9.90 Å². The number of carbonyl (C=O) groups excluding carboxylic acids is 1. The van der Waals surface area contributed by atoms with Crippen molar-refractivity contribution in [3.8, 4) is 5.75 Å². The molecule has 16 heavy (non-hydrogen) atoms. The highest BCUT2D eigenvalue weighted by atomic mass is 16.3. The van der Waals surface area contributed by atoms with Gasteiger partial charge in [0.1, 0.15) is 5.75 Å². The molecule has 1 aromatic heterocycles. The van der Waals surface area contributed by atoms with Crippen LogP contribution in [0.4, 0.5) is 5.69 Å². The molecule has 1 amide bonds. The summed E-state index contributed by atoms with van der Waals surface area (Å²) < 4.78 is 0. The average Bonchev–Trinajstić information content (AvgIpc) is 2.30. The summed E-state index contributed by atoms with van der Waals surface area (Å²) in [4.78, 5) is 15.6. The lowest BCUT2D eigenvalue weighted by Crippen LogP contribution is -2.11. The molecule has 0 fully saturated rings. The molecule has 1 heterocycles. The molecule has 0 spiro atoms. The van der Waals surface area contributed by atoms with E-state index in [4.69, 9.17) is 0 Å². The van der Waals surface area contributed by atoms with E-state index >= 15 is 0 Å². The maximum atomic E-state index is 11.7. The third-order valence-electron chi connectivity index (χ3n) is 2.05. The van der Waals surface area contributed by atoms with Gasteiger partial charge < -0.3 is 10.4 Å². The van der Waals surface area contributed by atoms with Crippen LogP contribution in [0.25, 0.3) is 0 Å². The second-order valence-corrected chi connectivity index (χ2v) is 3.24. The molecule has 0 aliphatic heterocycles. The first kappa shape index (κ1) is 10.2. The summed E-state index contributed by atoms with van der Waals surface area (Å²) in [5, 5.41) is 11.9. The summed E-state index contributed by atoms with van der Waals surface area (Å²) in [6.07, 6.45) is 3.19. The summed E-state index contributed by atoms with van der Waals surface area (Å²) in [7, 11) is 0. The fourth-order valence-corrected chi connectivity index (χ4v) is 1.29. The van der Waals surface area contributed by atoms with Crippen LogP contribution in [0.2, 0.25) is 0 Å². The molecule has 2 rings (SSSR count). The zero-order chi connectivity index (χ0) is 11.4. The SMILES string of the molecule is O=C(Nc1ccncc1)c1cccc(O)c1. The van der Waals surface area contributed by atoms with Crippen LogP contribution in [0.1, 0.15) is 10.4 Å². The third kappa shape index (κ3) is 2.36. The van der Waals surface area contributed by atoms with E-state index in [0.717, 1.165) is 0 Å². The van der Waals surface area contributed by atoms with Gasteiger partial charge in [0.25, 0.3) is 5.91 Å².